The maximum Gasteiger partial charge on any atom is 0.137 e. The number of piperazine rings is 1. The minimum Gasteiger partial charge on any atom is -0.490 e. The van der Waals surface area contributed by atoms with Gasteiger partial charge in [0.05, 0.1) is 12.2 Å². The Morgan fingerprint density at radius 2 is 2.04 bits per heavy atom. The Morgan fingerprint density at radius 1 is 1.20 bits per heavy atom. The molecule has 0 amide bonds. The Balaban J connectivity index is 1.41. The zero-order valence-electron chi connectivity index (χ0n) is 14.8. The molecule has 1 aliphatic heterocycles. The fourth-order valence-corrected chi connectivity index (χ4v) is 3.02. The highest BCUT2D eigenvalue weighted by atomic mass is 16.5. The van der Waals surface area contributed by atoms with E-state index in [1.165, 1.54) is 5.56 Å². The van der Waals surface area contributed by atoms with Gasteiger partial charge in [-0.3, -0.25) is 9.88 Å². The Kier molecular flexibility index (Phi) is 6.19. The molecule has 1 saturated heterocycles. The van der Waals surface area contributed by atoms with Gasteiger partial charge in [0.15, 0.2) is 0 Å². The SMILES string of the molecule is CCc1cncc(OC[C@@H](N)CN2CCN(c3ccccn3)CC2)c1. The number of aryl methyl sites for hydroxylation is 1. The second-order valence-electron chi connectivity index (χ2n) is 6.43. The molecular formula is C19H27N5O. The summed E-state index contributed by atoms with van der Waals surface area (Å²) in [7, 11) is 0. The molecule has 0 spiro atoms. The van der Waals surface area contributed by atoms with Crippen molar-refractivity contribution in [2.45, 2.75) is 19.4 Å². The van der Waals surface area contributed by atoms with Crippen molar-refractivity contribution in [3.05, 3.63) is 48.4 Å². The van der Waals surface area contributed by atoms with Crippen molar-refractivity contribution in [1.29, 1.82) is 0 Å². The van der Waals surface area contributed by atoms with Crippen LogP contribution in [0.3, 0.4) is 0 Å². The van der Waals surface area contributed by atoms with Gasteiger partial charge in [-0.15, -0.1) is 0 Å². The summed E-state index contributed by atoms with van der Waals surface area (Å²) < 4.78 is 5.81. The average molecular weight is 341 g/mol. The van der Waals surface area contributed by atoms with E-state index >= 15 is 0 Å². The van der Waals surface area contributed by atoms with Gasteiger partial charge < -0.3 is 15.4 Å². The van der Waals surface area contributed by atoms with E-state index in [4.69, 9.17) is 10.5 Å². The van der Waals surface area contributed by atoms with Crippen LogP contribution >= 0.6 is 0 Å². The van der Waals surface area contributed by atoms with E-state index in [2.05, 4.69) is 32.8 Å². The number of hydrogen-bond acceptors (Lipinski definition) is 6. The minimum atomic E-state index is -0.00770. The van der Waals surface area contributed by atoms with Crippen LogP contribution in [0.25, 0.3) is 0 Å². The molecule has 2 aromatic heterocycles. The van der Waals surface area contributed by atoms with E-state index in [1.807, 2.05) is 30.6 Å². The van der Waals surface area contributed by atoms with E-state index in [0.29, 0.717) is 6.61 Å². The molecule has 134 valence electrons. The second-order valence-corrected chi connectivity index (χ2v) is 6.43. The van der Waals surface area contributed by atoms with Crippen molar-refractivity contribution in [1.82, 2.24) is 14.9 Å². The third kappa shape index (κ3) is 5.14. The van der Waals surface area contributed by atoms with Crippen LogP contribution in [0.15, 0.2) is 42.9 Å². The molecule has 1 aliphatic rings. The molecule has 6 nitrogen and oxygen atoms in total. The summed E-state index contributed by atoms with van der Waals surface area (Å²) in [6.45, 7) is 7.41. The first-order valence-corrected chi connectivity index (χ1v) is 8.95. The molecule has 2 aromatic rings. The van der Waals surface area contributed by atoms with Crippen LogP contribution < -0.4 is 15.4 Å². The highest BCUT2D eigenvalue weighted by molar-refractivity contribution is 5.38. The molecule has 0 aromatic carbocycles. The third-order valence-electron chi connectivity index (χ3n) is 4.48. The van der Waals surface area contributed by atoms with Gasteiger partial charge in [-0.25, -0.2) is 4.98 Å². The summed E-state index contributed by atoms with van der Waals surface area (Å²) in [4.78, 5) is 13.3. The van der Waals surface area contributed by atoms with Crippen LogP contribution in [0, 0.1) is 0 Å². The summed E-state index contributed by atoms with van der Waals surface area (Å²) in [5, 5.41) is 0. The first-order valence-electron chi connectivity index (χ1n) is 8.95. The van der Waals surface area contributed by atoms with Crippen molar-refractivity contribution in [2.24, 2.45) is 5.73 Å². The predicted molar refractivity (Wildman–Crippen MR) is 100.0 cm³/mol. The van der Waals surface area contributed by atoms with E-state index < -0.39 is 0 Å². The van der Waals surface area contributed by atoms with Crippen molar-refractivity contribution in [3.63, 3.8) is 0 Å². The normalized spacial score (nSPS) is 16.6. The third-order valence-corrected chi connectivity index (χ3v) is 4.48. The molecule has 0 unspecified atom stereocenters. The van der Waals surface area contributed by atoms with E-state index in [1.54, 1.807) is 6.20 Å². The number of nitrogens with two attached hydrogens (primary N) is 1. The second kappa shape index (κ2) is 8.78. The van der Waals surface area contributed by atoms with Gasteiger partial charge in [-0.1, -0.05) is 13.0 Å². The van der Waals surface area contributed by atoms with Gasteiger partial charge in [0.25, 0.3) is 0 Å². The van der Waals surface area contributed by atoms with Crippen LogP contribution in [0.2, 0.25) is 0 Å². The summed E-state index contributed by atoms with van der Waals surface area (Å²) in [5.74, 6) is 1.85. The van der Waals surface area contributed by atoms with Gasteiger partial charge >= 0.3 is 0 Å². The lowest BCUT2D eigenvalue weighted by Crippen LogP contribution is -2.51. The molecule has 3 heterocycles. The topological polar surface area (TPSA) is 67.5 Å². The number of aromatic nitrogens is 2. The summed E-state index contributed by atoms with van der Waals surface area (Å²) in [6.07, 6.45) is 6.42. The molecule has 0 bridgehead atoms. The van der Waals surface area contributed by atoms with Crippen LogP contribution in [0.5, 0.6) is 5.75 Å². The minimum absolute atomic E-state index is 0.00770. The van der Waals surface area contributed by atoms with Gasteiger partial charge in [-0.2, -0.15) is 0 Å². The number of pyridine rings is 2. The lowest BCUT2D eigenvalue weighted by Gasteiger charge is -2.36. The van der Waals surface area contributed by atoms with Gasteiger partial charge in [0.2, 0.25) is 0 Å². The van der Waals surface area contributed by atoms with E-state index in [0.717, 1.165) is 50.7 Å². The van der Waals surface area contributed by atoms with E-state index in [-0.39, 0.29) is 6.04 Å². The Morgan fingerprint density at radius 3 is 2.76 bits per heavy atom. The fourth-order valence-electron chi connectivity index (χ4n) is 3.02. The molecule has 3 rings (SSSR count). The number of anilines is 1. The number of ether oxygens (including phenoxy) is 1. The number of hydrogen-bond donors (Lipinski definition) is 1. The first-order chi connectivity index (χ1) is 12.2. The first kappa shape index (κ1) is 17.6. The highest BCUT2D eigenvalue weighted by Gasteiger charge is 2.19. The zero-order chi connectivity index (χ0) is 17.5. The largest absolute Gasteiger partial charge is 0.490 e. The van der Waals surface area contributed by atoms with Gasteiger partial charge in [0.1, 0.15) is 18.2 Å². The Bertz CT molecular complexity index is 643. The molecule has 1 atom stereocenters. The summed E-state index contributed by atoms with van der Waals surface area (Å²) in [5.41, 5.74) is 7.43. The number of rotatable bonds is 7. The van der Waals surface area contributed by atoms with Crippen molar-refractivity contribution < 1.29 is 4.74 Å². The molecule has 6 heteroatoms. The standard InChI is InChI=1S/C19H27N5O/c1-2-16-11-18(13-21-12-16)25-15-17(20)14-23-7-9-24(10-8-23)19-5-3-4-6-22-19/h3-6,11-13,17H,2,7-10,14-15,20H2,1H3/t17-/m0/s1. The van der Waals surface area contributed by atoms with Crippen molar-refractivity contribution in [2.75, 3.05) is 44.2 Å². The fraction of sp³-hybridized carbons (Fsp3) is 0.474. The van der Waals surface area contributed by atoms with Crippen LogP contribution in [-0.4, -0.2) is 60.2 Å². The molecule has 0 saturated carbocycles. The average Bonchev–Trinajstić information content (AvgIpc) is 2.68. The molecule has 25 heavy (non-hydrogen) atoms. The Hall–Kier alpha value is -2.18. The van der Waals surface area contributed by atoms with Crippen LogP contribution in [-0.2, 0) is 6.42 Å². The zero-order valence-corrected chi connectivity index (χ0v) is 14.8. The maximum atomic E-state index is 6.26. The Labute approximate surface area is 149 Å². The maximum absolute atomic E-state index is 6.26. The predicted octanol–water partition coefficient (Wildman–Crippen LogP) is 1.57. The van der Waals surface area contributed by atoms with E-state index in [9.17, 15) is 0 Å². The van der Waals surface area contributed by atoms with Crippen molar-refractivity contribution in [3.8, 4) is 5.75 Å². The number of nitrogens with zero attached hydrogens (tertiary/aromatic N) is 4. The van der Waals surface area contributed by atoms with Crippen LogP contribution in [0.1, 0.15) is 12.5 Å². The summed E-state index contributed by atoms with van der Waals surface area (Å²) in [6, 6.07) is 8.07. The highest BCUT2D eigenvalue weighted by Crippen LogP contribution is 2.14. The quantitative estimate of drug-likeness (QED) is 0.824. The van der Waals surface area contributed by atoms with Gasteiger partial charge in [-0.05, 0) is 30.2 Å². The summed E-state index contributed by atoms with van der Waals surface area (Å²) >= 11 is 0. The molecule has 2 N–H and O–H groups in total. The molecule has 0 aliphatic carbocycles. The molecular weight excluding hydrogens is 314 g/mol. The smallest absolute Gasteiger partial charge is 0.137 e. The lowest BCUT2D eigenvalue weighted by atomic mass is 10.2. The molecule has 1 fully saturated rings. The van der Waals surface area contributed by atoms with Crippen LogP contribution in [0.4, 0.5) is 5.82 Å². The molecule has 0 radical (unpaired) electrons. The van der Waals surface area contributed by atoms with Crippen molar-refractivity contribution >= 4 is 5.82 Å². The lowest BCUT2D eigenvalue weighted by molar-refractivity contribution is 0.204. The monoisotopic (exact) mass is 341 g/mol. The van der Waals surface area contributed by atoms with Gasteiger partial charge in [0, 0.05) is 45.1 Å².